The molecule has 1 aliphatic heterocycles. The summed E-state index contributed by atoms with van der Waals surface area (Å²) in [6.45, 7) is 0. The van der Waals surface area contributed by atoms with E-state index in [1.807, 2.05) is 5.41 Å². The first-order chi connectivity index (χ1) is 2.89. The SMILES string of the molecule is ClC1=[As]C=CS1. The molecule has 0 bridgehead atoms. The van der Waals surface area contributed by atoms with Gasteiger partial charge >= 0.3 is 52.0 Å². The Morgan fingerprint density at radius 3 is 2.83 bits per heavy atom. The number of hydrogen-bond acceptors (Lipinski definition) is 1. The Kier molecular flexibility index (Phi) is 1.82. The molecule has 0 fully saturated rings. The van der Waals surface area contributed by atoms with Crippen molar-refractivity contribution >= 4 is 41.8 Å². The van der Waals surface area contributed by atoms with Crippen LogP contribution < -0.4 is 0 Å². The molecular formula is C3H2AsClS. The van der Waals surface area contributed by atoms with Crippen molar-refractivity contribution < 1.29 is 0 Å². The maximum atomic E-state index is 5.57. The molecule has 32 valence electrons. The molecule has 0 aromatic carbocycles. The van der Waals surface area contributed by atoms with E-state index in [9.17, 15) is 0 Å². The van der Waals surface area contributed by atoms with Crippen molar-refractivity contribution in [1.82, 2.24) is 0 Å². The van der Waals surface area contributed by atoms with Crippen molar-refractivity contribution in [2.75, 3.05) is 0 Å². The van der Waals surface area contributed by atoms with Crippen LogP contribution in [-0.4, -0.2) is 18.4 Å². The molecule has 0 aromatic rings. The van der Waals surface area contributed by atoms with E-state index in [-0.39, 0.29) is 15.3 Å². The van der Waals surface area contributed by atoms with Crippen LogP contribution in [0.1, 0.15) is 0 Å². The van der Waals surface area contributed by atoms with E-state index in [2.05, 4.69) is 4.86 Å². The van der Waals surface area contributed by atoms with E-state index in [4.69, 9.17) is 11.6 Å². The van der Waals surface area contributed by atoms with E-state index in [0.717, 1.165) is 3.10 Å². The average Bonchev–Trinajstić information content (AvgIpc) is 1.86. The van der Waals surface area contributed by atoms with Crippen molar-refractivity contribution in [1.29, 1.82) is 0 Å². The Morgan fingerprint density at radius 1 is 1.83 bits per heavy atom. The quantitative estimate of drug-likeness (QED) is 0.506. The van der Waals surface area contributed by atoms with Gasteiger partial charge in [-0.25, -0.2) is 0 Å². The number of halogens is 1. The molecule has 0 aliphatic carbocycles. The van der Waals surface area contributed by atoms with Gasteiger partial charge in [-0.15, -0.1) is 0 Å². The summed E-state index contributed by atoms with van der Waals surface area (Å²) < 4.78 is 1.08. The summed E-state index contributed by atoms with van der Waals surface area (Å²) in [4.78, 5) is 2.14. The summed E-state index contributed by atoms with van der Waals surface area (Å²) in [6.07, 6.45) is 0. The van der Waals surface area contributed by atoms with Crippen LogP contribution in [0.4, 0.5) is 0 Å². The number of hydrogen-bond donors (Lipinski definition) is 0. The molecular weight excluding hydrogens is 178 g/mol. The zero-order valence-electron chi connectivity index (χ0n) is 2.89. The molecule has 0 saturated carbocycles. The summed E-state index contributed by atoms with van der Waals surface area (Å²) in [7, 11) is 0. The molecule has 1 rings (SSSR count). The van der Waals surface area contributed by atoms with Crippen LogP contribution in [-0.2, 0) is 0 Å². The van der Waals surface area contributed by atoms with Gasteiger partial charge in [0.05, 0.1) is 0 Å². The second kappa shape index (κ2) is 2.20. The fraction of sp³-hybridized carbons (Fsp3) is 0. The average molecular weight is 180 g/mol. The fourth-order valence-electron chi connectivity index (χ4n) is 0.206. The molecule has 0 nitrogen and oxygen atoms in total. The van der Waals surface area contributed by atoms with Crippen LogP contribution in [0.25, 0.3) is 0 Å². The van der Waals surface area contributed by atoms with Crippen LogP contribution in [0.5, 0.6) is 0 Å². The molecule has 6 heavy (non-hydrogen) atoms. The molecule has 0 saturated heterocycles. The van der Waals surface area contributed by atoms with Gasteiger partial charge in [0.25, 0.3) is 0 Å². The summed E-state index contributed by atoms with van der Waals surface area (Å²) in [5.41, 5.74) is 0. The van der Waals surface area contributed by atoms with E-state index in [1.165, 1.54) is 0 Å². The molecule has 1 aliphatic rings. The summed E-state index contributed by atoms with van der Waals surface area (Å²) in [5.74, 6) is 0. The Hall–Kier alpha value is 0.808. The van der Waals surface area contributed by atoms with Gasteiger partial charge in [-0.05, 0) is 0 Å². The van der Waals surface area contributed by atoms with E-state index >= 15 is 0 Å². The second-order valence-corrected chi connectivity index (χ2v) is 5.64. The maximum absolute atomic E-state index is 5.57. The van der Waals surface area contributed by atoms with Crippen molar-refractivity contribution in [2.45, 2.75) is 0 Å². The van der Waals surface area contributed by atoms with Gasteiger partial charge in [0.2, 0.25) is 0 Å². The monoisotopic (exact) mass is 180 g/mol. The molecule has 0 aromatic heterocycles. The number of rotatable bonds is 0. The first-order valence-electron chi connectivity index (χ1n) is 1.44. The third-order valence-electron chi connectivity index (χ3n) is 0.402. The Morgan fingerprint density at radius 2 is 2.67 bits per heavy atom. The van der Waals surface area contributed by atoms with Gasteiger partial charge in [-0.2, -0.15) is 0 Å². The van der Waals surface area contributed by atoms with Crippen molar-refractivity contribution in [3.8, 4) is 0 Å². The Bertz CT molecular complexity index is 107. The minimum atomic E-state index is 0.263. The summed E-state index contributed by atoms with van der Waals surface area (Å²) >= 11 is 7.47. The normalized spacial score (nSPS) is 21.2. The topological polar surface area (TPSA) is 0 Å². The molecule has 1 heterocycles. The molecule has 0 atom stereocenters. The van der Waals surface area contributed by atoms with Gasteiger partial charge in [-0.1, -0.05) is 0 Å². The van der Waals surface area contributed by atoms with Crippen LogP contribution in [0.15, 0.2) is 10.3 Å². The van der Waals surface area contributed by atoms with Gasteiger partial charge in [0, 0.05) is 0 Å². The van der Waals surface area contributed by atoms with Crippen molar-refractivity contribution in [2.24, 2.45) is 0 Å². The third-order valence-corrected chi connectivity index (χ3v) is 4.34. The van der Waals surface area contributed by atoms with E-state index in [0.29, 0.717) is 0 Å². The van der Waals surface area contributed by atoms with Crippen LogP contribution >= 0.6 is 23.4 Å². The summed E-state index contributed by atoms with van der Waals surface area (Å²) in [5, 5.41) is 2.04. The molecule has 3 heteroatoms. The standard InChI is InChI=1S/C3H2AsClS/c5-3-4-1-2-6-3/h1-2H. The van der Waals surface area contributed by atoms with Crippen LogP contribution in [0.2, 0.25) is 0 Å². The van der Waals surface area contributed by atoms with E-state index in [1.54, 1.807) is 11.8 Å². The van der Waals surface area contributed by atoms with Crippen molar-refractivity contribution in [3.63, 3.8) is 0 Å². The molecule has 0 N–H and O–H groups in total. The van der Waals surface area contributed by atoms with Gasteiger partial charge in [-0.3, -0.25) is 0 Å². The van der Waals surface area contributed by atoms with Gasteiger partial charge < -0.3 is 0 Å². The fourth-order valence-corrected chi connectivity index (χ4v) is 3.04. The van der Waals surface area contributed by atoms with E-state index < -0.39 is 0 Å². The molecule has 0 radical (unpaired) electrons. The second-order valence-electron chi connectivity index (χ2n) is 0.785. The predicted molar refractivity (Wildman–Crippen MR) is 33.3 cm³/mol. The first kappa shape index (κ1) is 4.96. The summed E-state index contributed by atoms with van der Waals surface area (Å²) in [6, 6.07) is 0. The van der Waals surface area contributed by atoms with Crippen molar-refractivity contribution in [3.05, 3.63) is 10.3 Å². The van der Waals surface area contributed by atoms with Gasteiger partial charge in [0.15, 0.2) is 0 Å². The minimum absolute atomic E-state index is 0.263. The third kappa shape index (κ3) is 1.14. The van der Waals surface area contributed by atoms with Gasteiger partial charge in [0.1, 0.15) is 0 Å². The van der Waals surface area contributed by atoms with Crippen LogP contribution in [0, 0.1) is 0 Å². The van der Waals surface area contributed by atoms with Crippen LogP contribution in [0.3, 0.4) is 0 Å². The first-order valence-corrected chi connectivity index (χ1v) is 4.72. The zero-order chi connectivity index (χ0) is 4.41. The Labute approximate surface area is 52.2 Å². The Balaban J connectivity index is 2.61. The zero-order valence-corrected chi connectivity index (χ0v) is 6.34. The molecule has 0 spiro atoms. The molecule has 0 unspecified atom stereocenters. The number of thioether (sulfide) groups is 1. The molecule has 0 amide bonds. The predicted octanol–water partition coefficient (Wildman–Crippen LogP) is 1.23.